The Morgan fingerprint density at radius 1 is 0.881 bits per heavy atom. The van der Waals surface area contributed by atoms with Crippen LogP contribution < -0.4 is 4.74 Å². The van der Waals surface area contributed by atoms with Crippen LogP contribution in [0.4, 0.5) is 22.0 Å². The first-order valence-electron chi connectivity index (χ1n) is 14.7. The molecular formula is C32H41F5O5. The Balaban J connectivity index is 1.40. The molecule has 10 heteroatoms. The van der Waals surface area contributed by atoms with Crippen molar-refractivity contribution in [2.24, 2.45) is 5.92 Å². The molecule has 5 nitrogen and oxygen atoms in total. The highest BCUT2D eigenvalue weighted by molar-refractivity contribution is 5.69. The maximum Gasteiger partial charge on any atom is 0.453 e. The van der Waals surface area contributed by atoms with Crippen LogP contribution in [-0.4, -0.2) is 40.0 Å². The van der Waals surface area contributed by atoms with E-state index >= 15 is 0 Å². The number of ether oxygens (including phenoxy) is 1. The van der Waals surface area contributed by atoms with Crippen LogP contribution in [0.3, 0.4) is 0 Å². The first kappa shape index (κ1) is 33.5. The van der Waals surface area contributed by atoms with Gasteiger partial charge >= 0.3 is 18.1 Å². The quantitative estimate of drug-likeness (QED) is 0.132. The van der Waals surface area contributed by atoms with Crippen LogP contribution in [0.5, 0.6) is 17.2 Å². The lowest BCUT2D eigenvalue weighted by Gasteiger charge is -2.43. The van der Waals surface area contributed by atoms with Gasteiger partial charge in [-0.25, -0.2) is 0 Å². The number of carboxylic acid groups (broad SMARTS) is 1. The van der Waals surface area contributed by atoms with Crippen molar-refractivity contribution in [2.75, 3.05) is 6.61 Å². The van der Waals surface area contributed by atoms with Crippen LogP contribution in [0.1, 0.15) is 101 Å². The predicted octanol–water partition coefficient (Wildman–Crippen LogP) is 9.11. The average Bonchev–Trinajstić information content (AvgIpc) is 2.91. The Morgan fingerprint density at radius 2 is 1.45 bits per heavy atom. The van der Waals surface area contributed by atoms with Crippen LogP contribution in [0.15, 0.2) is 42.5 Å². The minimum Gasteiger partial charge on any atom is -0.508 e. The molecule has 2 aromatic carbocycles. The van der Waals surface area contributed by atoms with Crippen LogP contribution in [-0.2, 0) is 10.2 Å². The summed E-state index contributed by atoms with van der Waals surface area (Å²) in [6.07, 6.45) is 0.119. The van der Waals surface area contributed by atoms with Gasteiger partial charge in [0.25, 0.3) is 0 Å². The van der Waals surface area contributed by atoms with Gasteiger partial charge in [-0.3, -0.25) is 4.79 Å². The van der Waals surface area contributed by atoms with Crippen molar-refractivity contribution >= 4 is 5.97 Å². The minimum absolute atomic E-state index is 0.0907. The molecule has 3 rings (SSSR count). The molecule has 1 aliphatic heterocycles. The molecule has 1 aliphatic rings. The topological polar surface area (TPSA) is 87.0 Å². The van der Waals surface area contributed by atoms with Crippen molar-refractivity contribution in [2.45, 2.75) is 107 Å². The zero-order valence-electron chi connectivity index (χ0n) is 23.9. The SMILES string of the molecule is C[C@]1(c2ccc(O)cc2)COc2cc(O)ccc2[C@H]1CCCCCCCCCCC(CCC(F)(F)C(F)(F)F)C(=O)O. The molecule has 0 aliphatic carbocycles. The molecule has 0 aromatic heterocycles. The summed E-state index contributed by atoms with van der Waals surface area (Å²) >= 11 is 0. The molecule has 0 fully saturated rings. The second kappa shape index (κ2) is 14.4. The van der Waals surface area contributed by atoms with E-state index in [4.69, 9.17) is 4.74 Å². The number of carbonyl (C=O) groups is 1. The summed E-state index contributed by atoms with van der Waals surface area (Å²) in [5.74, 6) is -6.21. The fourth-order valence-electron chi connectivity index (χ4n) is 5.90. The summed E-state index contributed by atoms with van der Waals surface area (Å²) in [5.41, 5.74) is 1.81. The molecule has 42 heavy (non-hydrogen) atoms. The number of hydrogen-bond acceptors (Lipinski definition) is 4. The molecule has 0 saturated carbocycles. The summed E-state index contributed by atoms with van der Waals surface area (Å²) < 4.78 is 69.4. The van der Waals surface area contributed by atoms with Gasteiger partial charge < -0.3 is 20.1 Å². The van der Waals surface area contributed by atoms with Gasteiger partial charge in [0.15, 0.2) is 0 Å². The average molecular weight is 601 g/mol. The number of aliphatic carboxylic acids is 1. The third kappa shape index (κ3) is 8.74. The fourth-order valence-corrected chi connectivity index (χ4v) is 5.90. The first-order valence-corrected chi connectivity index (χ1v) is 14.7. The molecule has 0 spiro atoms. The van der Waals surface area contributed by atoms with Crippen molar-refractivity contribution in [3.63, 3.8) is 0 Å². The number of fused-ring (bicyclic) bond motifs is 1. The summed E-state index contributed by atoms with van der Waals surface area (Å²) in [5, 5.41) is 28.9. The maximum absolute atomic E-state index is 13.1. The Hall–Kier alpha value is -3.04. The Bertz CT molecular complexity index is 1150. The van der Waals surface area contributed by atoms with Gasteiger partial charge in [0.1, 0.15) is 17.2 Å². The lowest BCUT2D eigenvalue weighted by Crippen LogP contribution is -2.40. The molecule has 1 unspecified atom stereocenters. The van der Waals surface area contributed by atoms with Gasteiger partial charge in [0.05, 0.1) is 12.5 Å². The number of benzene rings is 2. The highest BCUT2D eigenvalue weighted by Crippen LogP contribution is 2.50. The molecule has 0 radical (unpaired) electrons. The summed E-state index contributed by atoms with van der Waals surface area (Å²) in [6.45, 7) is 2.61. The number of halogens is 5. The molecule has 0 bridgehead atoms. The summed E-state index contributed by atoms with van der Waals surface area (Å²) in [4.78, 5) is 11.3. The van der Waals surface area contributed by atoms with E-state index in [1.807, 2.05) is 18.2 Å². The van der Waals surface area contributed by atoms with E-state index in [1.165, 1.54) is 0 Å². The van der Waals surface area contributed by atoms with E-state index in [9.17, 15) is 42.1 Å². The standard InChI is InChI=1S/C32H41F5O5/c1-30(23-12-14-24(38)15-13-23)21-42-28-20-25(39)16-17-26(28)27(30)11-9-7-5-3-2-4-6-8-10-22(29(40)41)18-19-31(33,34)32(35,36)37/h12-17,20,22,27,38-39H,2-11,18-19,21H2,1H3,(H,40,41)/t22?,27-,30-/m1/s1. The van der Waals surface area contributed by atoms with Crippen LogP contribution >= 0.6 is 0 Å². The predicted molar refractivity (Wildman–Crippen MR) is 149 cm³/mol. The number of aromatic hydroxyl groups is 2. The molecule has 3 atom stereocenters. The van der Waals surface area contributed by atoms with E-state index in [2.05, 4.69) is 6.92 Å². The largest absolute Gasteiger partial charge is 0.508 e. The Kier molecular flexibility index (Phi) is 11.5. The van der Waals surface area contributed by atoms with E-state index < -0.39 is 36.8 Å². The van der Waals surface area contributed by atoms with Gasteiger partial charge in [0, 0.05) is 23.8 Å². The van der Waals surface area contributed by atoms with E-state index in [0.29, 0.717) is 25.2 Å². The number of carboxylic acids is 1. The van der Waals surface area contributed by atoms with E-state index in [0.717, 1.165) is 56.1 Å². The van der Waals surface area contributed by atoms with Gasteiger partial charge in [-0.1, -0.05) is 76.5 Å². The van der Waals surface area contributed by atoms with Crippen molar-refractivity contribution in [1.82, 2.24) is 0 Å². The highest BCUT2D eigenvalue weighted by Gasteiger charge is 2.57. The summed E-state index contributed by atoms with van der Waals surface area (Å²) in [7, 11) is 0. The zero-order valence-corrected chi connectivity index (χ0v) is 23.9. The number of unbranched alkanes of at least 4 members (excludes halogenated alkanes) is 7. The van der Waals surface area contributed by atoms with E-state index in [1.54, 1.807) is 24.3 Å². The maximum atomic E-state index is 13.1. The number of alkyl halides is 5. The Labute approximate surface area is 243 Å². The second-order valence-corrected chi connectivity index (χ2v) is 11.7. The molecular weight excluding hydrogens is 559 g/mol. The minimum atomic E-state index is -5.66. The molecule has 3 N–H and O–H groups in total. The number of phenolic OH excluding ortho intramolecular Hbond substituents is 2. The molecule has 2 aromatic rings. The summed E-state index contributed by atoms with van der Waals surface area (Å²) in [6, 6.07) is 12.4. The van der Waals surface area contributed by atoms with Crippen LogP contribution in [0.2, 0.25) is 0 Å². The molecule has 1 heterocycles. The van der Waals surface area contributed by atoms with Gasteiger partial charge in [0.2, 0.25) is 0 Å². The number of rotatable bonds is 16. The van der Waals surface area contributed by atoms with Crippen LogP contribution in [0, 0.1) is 5.92 Å². The monoisotopic (exact) mass is 600 g/mol. The molecule has 234 valence electrons. The van der Waals surface area contributed by atoms with Gasteiger partial charge in [-0.15, -0.1) is 0 Å². The smallest absolute Gasteiger partial charge is 0.453 e. The lowest BCUT2D eigenvalue weighted by molar-refractivity contribution is -0.285. The number of phenols is 2. The highest BCUT2D eigenvalue weighted by atomic mass is 19.4. The van der Waals surface area contributed by atoms with Gasteiger partial charge in [-0.05, 0) is 48.6 Å². The number of hydrogen-bond donors (Lipinski definition) is 3. The van der Waals surface area contributed by atoms with Crippen LogP contribution in [0.25, 0.3) is 0 Å². The van der Waals surface area contributed by atoms with Crippen molar-refractivity contribution in [1.29, 1.82) is 0 Å². The van der Waals surface area contributed by atoms with Crippen molar-refractivity contribution in [3.8, 4) is 17.2 Å². The van der Waals surface area contributed by atoms with Crippen molar-refractivity contribution < 1.29 is 46.8 Å². The lowest BCUT2D eigenvalue weighted by atomic mass is 9.66. The molecule has 0 saturated heterocycles. The fraction of sp³-hybridized carbons (Fsp3) is 0.594. The third-order valence-electron chi connectivity index (χ3n) is 8.56. The Morgan fingerprint density at radius 3 is 2.05 bits per heavy atom. The zero-order chi connectivity index (χ0) is 31.0. The normalized spacial score (nSPS) is 19.6. The van der Waals surface area contributed by atoms with E-state index in [-0.39, 0.29) is 29.3 Å². The molecule has 0 amide bonds. The van der Waals surface area contributed by atoms with Crippen molar-refractivity contribution in [3.05, 3.63) is 53.6 Å². The third-order valence-corrected chi connectivity index (χ3v) is 8.56. The second-order valence-electron chi connectivity index (χ2n) is 11.7. The first-order chi connectivity index (χ1) is 19.7. The van der Waals surface area contributed by atoms with Gasteiger partial charge in [-0.2, -0.15) is 22.0 Å².